The molecule has 0 bridgehead atoms. The largest absolute Gasteiger partial charge is 0.490 e. The molecule has 2 rings (SSSR count). The summed E-state index contributed by atoms with van der Waals surface area (Å²) in [4.78, 5) is 39.3. The third kappa shape index (κ3) is 7.71. The Balaban J connectivity index is 2.05. The molecule has 0 radical (unpaired) electrons. The van der Waals surface area contributed by atoms with Crippen LogP contribution in [-0.2, 0) is 9.53 Å². The summed E-state index contributed by atoms with van der Waals surface area (Å²) in [5, 5.41) is 0. The van der Waals surface area contributed by atoms with Crippen molar-refractivity contribution < 1.29 is 33.3 Å². The maximum absolute atomic E-state index is 12.8. The van der Waals surface area contributed by atoms with E-state index in [0.29, 0.717) is 56.5 Å². The predicted octanol–water partition coefficient (Wildman–Crippen LogP) is 3.29. The number of hydrazine groups is 1. The summed E-state index contributed by atoms with van der Waals surface area (Å²) in [5.74, 6) is -0.170. The minimum absolute atomic E-state index is 0.225. The van der Waals surface area contributed by atoms with Crippen LogP contribution in [-0.4, -0.2) is 61.3 Å². The molecule has 1 aliphatic heterocycles. The van der Waals surface area contributed by atoms with Crippen LogP contribution < -0.4 is 25.1 Å². The predicted molar refractivity (Wildman–Crippen MR) is 126 cm³/mol. The van der Waals surface area contributed by atoms with Crippen molar-refractivity contribution in [3.8, 4) is 17.2 Å². The highest BCUT2D eigenvalue weighted by Gasteiger charge is 2.31. The summed E-state index contributed by atoms with van der Waals surface area (Å²) in [5.41, 5.74) is 4.55. The zero-order valence-corrected chi connectivity index (χ0v) is 21.0. The van der Waals surface area contributed by atoms with Gasteiger partial charge in [-0.05, 0) is 66.5 Å². The Kier molecular flexibility index (Phi) is 9.83. The van der Waals surface area contributed by atoms with Crippen molar-refractivity contribution in [1.82, 2.24) is 15.8 Å². The van der Waals surface area contributed by atoms with E-state index >= 15 is 0 Å². The Labute approximate surface area is 201 Å². The van der Waals surface area contributed by atoms with Gasteiger partial charge in [-0.2, -0.15) is 0 Å². The second-order valence-electron chi connectivity index (χ2n) is 8.81. The van der Waals surface area contributed by atoms with E-state index in [1.54, 1.807) is 32.9 Å². The average Bonchev–Trinajstić information content (AvgIpc) is 2.78. The quantitative estimate of drug-likeness (QED) is 0.550. The van der Waals surface area contributed by atoms with Gasteiger partial charge in [0.05, 0.1) is 25.7 Å². The van der Waals surface area contributed by atoms with Crippen molar-refractivity contribution >= 4 is 17.9 Å². The number of nitrogens with one attached hydrogen (secondary N) is 2. The van der Waals surface area contributed by atoms with E-state index in [9.17, 15) is 14.4 Å². The summed E-state index contributed by atoms with van der Waals surface area (Å²) >= 11 is 0. The normalized spacial score (nSPS) is 15.8. The summed E-state index contributed by atoms with van der Waals surface area (Å²) < 4.78 is 22.3. The number of nitrogens with zero attached hydrogens (tertiary/aromatic N) is 1. The van der Waals surface area contributed by atoms with Crippen LogP contribution >= 0.6 is 0 Å². The lowest BCUT2D eigenvalue weighted by Crippen LogP contribution is -2.50. The fraction of sp³-hybridized carbons (Fsp3) is 0.625. The summed E-state index contributed by atoms with van der Waals surface area (Å²) in [6, 6.07) is 3.09. The van der Waals surface area contributed by atoms with Crippen LogP contribution in [0, 0.1) is 5.92 Å². The van der Waals surface area contributed by atoms with Crippen LogP contribution in [0.1, 0.15) is 64.7 Å². The molecule has 1 aromatic rings. The van der Waals surface area contributed by atoms with Gasteiger partial charge in [0.25, 0.3) is 5.91 Å². The van der Waals surface area contributed by atoms with Gasteiger partial charge >= 0.3 is 6.09 Å². The van der Waals surface area contributed by atoms with E-state index in [1.165, 1.54) is 4.90 Å². The molecule has 1 heterocycles. The minimum Gasteiger partial charge on any atom is -0.490 e. The number of carbonyl (C=O) groups is 3. The highest BCUT2D eigenvalue weighted by molar-refractivity contribution is 5.97. The maximum atomic E-state index is 12.8. The summed E-state index contributed by atoms with van der Waals surface area (Å²) in [6.45, 7) is 12.8. The van der Waals surface area contributed by atoms with Crippen molar-refractivity contribution in [3.63, 3.8) is 0 Å². The fourth-order valence-electron chi connectivity index (χ4n) is 3.50. The van der Waals surface area contributed by atoms with Gasteiger partial charge in [-0.1, -0.05) is 0 Å². The molecule has 1 aromatic carbocycles. The number of amides is 3. The molecule has 10 heteroatoms. The molecule has 0 saturated carbocycles. The van der Waals surface area contributed by atoms with Crippen LogP contribution in [0.4, 0.5) is 4.79 Å². The topological polar surface area (TPSA) is 115 Å². The molecule has 1 unspecified atom stereocenters. The second kappa shape index (κ2) is 12.3. The first kappa shape index (κ1) is 27.1. The van der Waals surface area contributed by atoms with E-state index in [2.05, 4.69) is 10.9 Å². The molecule has 2 N–H and O–H groups in total. The van der Waals surface area contributed by atoms with Crippen LogP contribution in [0.25, 0.3) is 0 Å². The van der Waals surface area contributed by atoms with Gasteiger partial charge in [0.1, 0.15) is 5.60 Å². The highest BCUT2D eigenvalue weighted by Crippen LogP contribution is 2.39. The van der Waals surface area contributed by atoms with Gasteiger partial charge in [0.15, 0.2) is 11.5 Å². The lowest BCUT2D eigenvalue weighted by molar-refractivity contribution is -0.127. The van der Waals surface area contributed by atoms with Gasteiger partial charge < -0.3 is 23.8 Å². The Morgan fingerprint density at radius 1 is 0.971 bits per heavy atom. The van der Waals surface area contributed by atoms with E-state index in [1.807, 2.05) is 20.8 Å². The molecule has 1 fully saturated rings. The number of benzene rings is 1. The number of hydrogen-bond acceptors (Lipinski definition) is 7. The molecule has 1 atom stereocenters. The molecule has 34 heavy (non-hydrogen) atoms. The fourth-order valence-corrected chi connectivity index (χ4v) is 3.50. The zero-order chi connectivity index (χ0) is 25.3. The average molecular weight is 480 g/mol. The van der Waals surface area contributed by atoms with Gasteiger partial charge in [-0.3, -0.25) is 20.4 Å². The first-order valence-corrected chi connectivity index (χ1v) is 11.7. The minimum atomic E-state index is -0.612. The molecule has 0 aliphatic carbocycles. The van der Waals surface area contributed by atoms with E-state index < -0.39 is 23.5 Å². The van der Waals surface area contributed by atoms with Crippen LogP contribution in [0.3, 0.4) is 0 Å². The van der Waals surface area contributed by atoms with Gasteiger partial charge in [0.2, 0.25) is 11.7 Å². The van der Waals surface area contributed by atoms with Crippen molar-refractivity contribution in [3.05, 3.63) is 17.7 Å². The lowest BCUT2D eigenvalue weighted by atomic mass is 9.98. The maximum Gasteiger partial charge on any atom is 0.410 e. The molecule has 10 nitrogen and oxygen atoms in total. The van der Waals surface area contributed by atoms with Gasteiger partial charge in [0, 0.05) is 18.7 Å². The third-order valence-electron chi connectivity index (χ3n) is 4.91. The van der Waals surface area contributed by atoms with Crippen LogP contribution in [0.5, 0.6) is 17.2 Å². The van der Waals surface area contributed by atoms with Crippen molar-refractivity contribution in [2.24, 2.45) is 5.92 Å². The SMILES string of the molecule is CCOc1cc(C(=O)NNC(=O)C2CCCN(C(=O)OC(C)(C)C)C2)cc(OCC)c1OCC. The lowest BCUT2D eigenvalue weighted by Gasteiger charge is -2.33. The monoisotopic (exact) mass is 479 g/mol. The number of piperidine rings is 1. The third-order valence-corrected chi connectivity index (χ3v) is 4.91. The number of likely N-dealkylation sites (tertiary alicyclic amines) is 1. The van der Waals surface area contributed by atoms with Crippen molar-refractivity contribution in [1.29, 1.82) is 0 Å². The molecule has 0 spiro atoms. The smallest absolute Gasteiger partial charge is 0.410 e. The van der Waals surface area contributed by atoms with Gasteiger partial charge in [-0.25, -0.2) is 4.79 Å². The first-order chi connectivity index (χ1) is 16.1. The van der Waals surface area contributed by atoms with Crippen LogP contribution in [0.2, 0.25) is 0 Å². The second-order valence-corrected chi connectivity index (χ2v) is 8.81. The van der Waals surface area contributed by atoms with Crippen LogP contribution in [0.15, 0.2) is 12.1 Å². The standard InChI is InChI=1S/C24H37N3O7/c1-7-31-18-13-17(14-19(32-8-2)20(18)33-9-3)22(29)26-25-21(28)16-11-10-12-27(15-16)23(30)34-24(4,5)6/h13-14,16H,7-12,15H2,1-6H3,(H,25,28)(H,26,29). The molecule has 1 aliphatic rings. The number of hydrogen-bond donors (Lipinski definition) is 2. The van der Waals surface area contributed by atoms with E-state index in [4.69, 9.17) is 18.9 Å². The Morgan fingerprint density at radius 2 is 1.56 bits per heavy atom. The molecule has 190 valence electrons. The van der Waals surface area contributed by atoms with Crippen molar-refractivity contribution in [2.75, 3.05) is 32.9 Å². The first-order valence-electron chi connectivity index (χ1n) is 11.7. The van der Waals surface area contributed by atoms with E-state index in [0.717, 1.165) is 0 Å². The molecular weight excluding hydrogens is 442 g/mol. The van der Waals surface area contributed by atoms with Crippen molar-refractivity contribution in [2.45, 2.75) is 60.0 Å². The summed E-state index contributed by atoms with van der Waals surface area (Å²) in [6.07, 6.45) is 0.822. The molecular formula is C24H37N3O7. The zero-order valence-electron chi connectivity index (χ0n) is 21.0. The number of carbonyl (C=O) groups excluding carboxylic acids is 3. The number of ether oxygens (including phenoxy) is 4. The Bertz CT molecular complexity index is 840. The molecule has 0 aromatic heterocycles. The van der Waals surface area contributed by atoms with E-state index in [-0.39, 0.29) is 18.0 Å². The highest BCUT2D eigenvalue weighted by atomic mass is 16.6. The molecule has 3 amide bonds. The Morgan fingerprint density at radius 3 is 2.09 bits per heavy atom. The Hall–Kier alpha value is -3.17. The summed E-state index contributed by atoms with van der Waals surface area (Å²) in [7, 11) is 0. The van der Waals surface area contributed by atoms with Gasteiger partial charge in [-0.15, -0.1) is 0 Å². The number of rotatable bonds is 8. The molecule has 1 saturated heterocycles.